The topological polar surface area (TPSA) is 133 Å². The molecule has 9 heteroatoms. The third-order valence-electron chi connectivity index (χ3n) is 4.38. The Kier molecular flexibility index (Phi) is 3.87. The summed E-state index contributed by atoms with van der Waals surface area (Å²) in [5.74, 6) is -2.73. The van der Waals surface area contributed by atoms with Gasteiger partial charge in [0.25, 0.3) is 11.5 Å². The van der Waals surface area contributed by atoms with E-state index in [1.807, 2.05) is 0 Å². The van der Waals surface area contributed by atoms with E-state index in [0.717, 1.165) is 4.68 Å². The first-order valence-corrected chi connectivity index (χ1v) is 7.71. The van der Waals surface area contributed by atoms with Crippen LogP contribution in [0.5, 0.6) is 11.5 Å². The number of carbonyl (C=O) groups excluding carboxylic acids is 1. The summed E-state index contributed by atoms with van der Waals surface area (Å²) < 4.78 is 2.55. The number of hydrogen-bond acceptors (Lipinski definition) is 5. The molecule has 4 N–H and O–H groups in total. The highest BCUT2D eigenvalue weighted by Crippen LogP contribution is 2.34. The lowest BCUT2D eigenvalue weighted by Gasteiger charge is -2.13. The summed E-state index contributed by atoms with van der Waals surface area (Å²) in [7, 11) is 1.42. The van der Waals surface area contributed by atoms with Crippen LogP contribution in [0.1, 0.15) is 21.5 Å². The van der Waals surface area contributed by atoms with Crippen LogP contribution in [0.3, 0.4) is 0 Å². The number of nitrogens with one attached hydrogen (secondary N) is 1. The number of aromatic hydroxyl groups is 2. The van der Waals surface area contributed by atoms with Gasteiger partial charge in [-0.15, -0.1) is 0 Å². The summed E-state index contributed by atoms with van der Waals surface area (Å²) in [6.45, 7) is 2.74. The van der Waals surface area contributed by atoms with E-state index in [1.54, 1.807) is 26.0 Å². The first-order valence-electron chi connectivity index (χ1n) is 7.71. The number of carboxylic acid groups (broad SMARTS) is 1. The van der Waals surface area contributed by atoms with Crippen LogP contribution in [-0.2, 0) is 11.8 Å². The molecule has 9 nitrogen and oxygen atoms in total. The molecule has 3 aromatic rings. The minimum Gasteiger partial charge on any atom is -0.507 e. The third-order valence-corrected chi connectivity index (χ3v) is 4.38. The lowest BCUT2D eigenvalue weighted by atomic mass is 10.1. The van der Waals surface area contributed by atoms with E-state index >= 15 is 0 Å². The molecule has 3 rings (SSSR count). The van der Waals surface area contributed by atoms with Crippen LogP contribution >= 0.6 is 0 Å². The van der Waals surface area contributed by atoms with Gasteiger partial charge in [-0.2, -0.15) is 0 Å². The maximum atomic E-state index is 12.6. The molecule has 0 saturated carbocycles. The van der Waals surface area contributed by atoms with E-state index in [0.29, 0.717) is 22.0 Å². The number of benzene rings is 1. The van der Waals surface area contributed by atoms with E-state index < -0.39 is 35.3 Å². The second-order valence-corrected chi connectivity index (χ2v) is 6.08. The zero-order chi connectivity index (χ0) is 19.3. The van der Waals surface area contributed by atoms with Crippen molar-refractivity contribution in [2.45, 2.75) is 13.8 Å². The van der Waals surface area contributed by atoms with Crippen molar-refractivity contribution >= 4 is 28.3 Å². The second kappa shape index (κ2) is 5.80. The first kappa shape index (κ1) is 17.3. The Morgan fingerprint density at radius 2 is 1.81 bits per heavy atom. The number of fused-ring (bicyclic) bond motifs is 3. The lowest BCUT2D eigenvalue weighted by Crippen LogP contribution is -2.36. The summed E-state index contributed by atoms with van der Waals surface area (Å²) >= 11 is 0. The molecule has 26 heavy (non-hydrogen) atoms. The van der Waals surface area contributed by atoms with Crippen LogP contribution in [0.15, 0.2) is 16.9 Å². The smallest absolute Gasteiger partial charge is 0.322 e. The quantitative estimate of drug-likeness (QED) is 0.542. The number of carboxylic acids is 1. The molecule has 0 unspecified atom stereocenters. The number of rotatable bonds is 3. The SMILES string of the molecule is Cc1cc2cc3c(O)c(C(=O)NCC(=O)O)c(=O)n(C)n3c2c(C)c1O. The molecular formula is C17H17N3O6. The molecular weight excluding hydrogens is 342 g/mol. The Labute approximate surface area is 146 Å². The normalized spacial score (nSPS) is 11.2. The van der Waals surface area contributed by atoms with E-state index in [-0.39, 0.29) is 11.3 Å². The number of hydrogen-bond donors (Lipinski definition) is 4. The minimum atomic E-state index is -1.27. The van der Waals surface area contributed by atoms with Crippen LogP contribution < -0.4 is 10.9 Å². The Hall–Kier alpha value is -3.49. The second-order valence-electron chi connectivity index (χ2n) is 6.08. The first-order chi connectivity index (χ1) is 12.1. The molecule has 0 atom stereocenters. The molecule has 0 radical (unpaired) electrons. The zero-order valence-electron chi connectivity index (χ0n) is 14.3. The predicted octanol–water partition coefficient (Wildman–Crippen LogP) is 0.634. The number of aromatic nitrogens is 2. The highest BCUT2D eigenvalue weighted by atomic mass is 16.4. The van der Waals surface area contributed by atoms with Crippen molar-refractivity contribution in [1.29, 1.82) is 0 Å². The fourth-order valence-electron chi connectivity index (χ4n) is 3.13. The number of carbonyl (C=O) groups is 2. The summed E-state index contributed by atoms with van der Waals surface area (Å²) in [6.07, 6.45) is 0. The van der Waals surface area contributed by atoms with Gasteiger partial charge in [-0.05, 0) is 31.5 Å². The van der Waals surface area contributed by atoms with Gasteiger partial charge in [0, 0.05) is 18.0 Å². The van der Waals surface area contributed by atoms with Crippen LogP contribution in [0.25, 0.3) is 16.4 Å². The minimum absolute atomic E-state index is 0.0766. The summed E-state index contributed by atoms with van der Waals surface area (Å²) in [5.41, 5.74) is 0.538. The number of amides is 1. The maximum absolute atomic E-state index is 12.6. The van der Waals surface area contributed by atoms with Crippen LogP contribution in [0.4, 0.5) is 0 Å². The number of nitrogens with zero attached hydrogens (tertiary/aromatic N) is 2. The van der Waals surface area contributed by atoms with E-state index in [1.165, 1.54) is 11.6 Å². The van der Waals surface area contributed by atoms with E-state index in [9.17, 15) is 24.6 Å². The average Bonchev–Trinajstić information content (AvgIpc) is 2.95. The van der Waals surface area contributed by atoms with Crippen LogP contribution in [0, 0.1) is 13.8 Å². The summed E-state index contributed by atoms with van der Waals surface area (Å²) in [6, 6.07) is 3.30. The fraction of sp³-hybridized carbons (Fsp3) is 0.235. The molecule has 2 heterocycles. The highest BCUT2D eigenvalue weighted by molar-refractivity contribution is 6.02. The van der Waals surface area contributed by atoms with Gasteiger partial charge >= 0.3 is 5.97 Å². The van der Waals surface area contributed by atoms with Gasteiger partial charge in [-0.25, -0.2) is 9.20 Å². The van der Waals surface area contributed by atoms with Crippen LogP contribution in [-0.4, -0.2) is 42.9 Å². The molecule has 0 aliphatic rings. The molecule has 136 valence electrons. The van der Waals surface area contributed by atoms with Gasteiger partial charge in [-0.3, -0.25) is 14.4 Å². The van der Waals surface area contributed by atoms with Gasteiger partial charge in [-0.1, -0.05) is 0 Å². The number of phenols is 1. The van der Waals surface area contributed by atoms with E-state index in [4.69, 9.17) is 5.11 Å². The average molecular weight is 359 g/mol. The summed E-state index contributed by atoms with van der Waals surface area (Å²) in [4.78, 5) is 35.4. The predicted molar refractivity (Wildman–Crippen MR) is 92.9 cm³/mol. The molecule has 0 spiro atoms. The van der Waals surface area contributed by atoms with Gasteiger partial charge in [0.1, 0.15) is 23.4 Å². The zero-order valence-corrected chi connectivity index (χ0v) is 14.3. The maximum Gasteiger partial charge on any atom is 0.322 e. The molecule has 1 amide bonds. The van der Waals surface area contributed by atoms with Gasteiger partial charge in [0.05, 0.1) is 5.52 Å². The molecule has 0 saturated heterocycles. The molecule has 2 aromatic heterocycles. The Bertz CT molecular complexity index is 1160. The lowest BCUT2D eigenvalue weighted by molar-refractivity contribution is -0.135. The fourth-order valence-corrected chi connectivity index (χ4v) is 3.13. The Morgan fingerprint density at radius 3 is 2.42 bits per heavy atom. The van der Waals surface area contributed by atoms with Gasteiger partial charge in [0.15, 0.2) is 5.75 Å². The standard InChI is InChI=1S/C17H17N3O6/c1-7-4-9-5-10-15(24)12(16(25)18-6-11(21)22)17(26)19(3)20(10)13(9)8(2)14(7)23/h4-5,23-24H,6H2,1-3H3,(H,18,25)(H,21,22). The molecule has 1 aromatic carbocycles. The largest absolute Gasteiger partial charge is 0.507 e. The molecule has 0 aliphatic heterocycles. The third kappa shape index (κ3) is 2.36. The van der Waals surface area contributed by atoms with Crippen LogP contribution in [0.2, 0.25) is 0 Å². The van der Waals surface area contributed by atoms with Crippen molar-refractivity contribution < 1.29 is 24.9 Å². The van der Waals surface area contributed by atoms with Crippen molar-refractivity contribution in [2.75, 3.05) is 6.54 Å². The van der Waals surface area contributed by atoms with Crippen molar-refractivity contribution in [3.05, 3.63) is 39.2 Å². The molecule has 0 fully saturated rings. The summed E-state index contributed by atoms with van der Waals surface area (Å²) in [5, 5.41) is 32.1. The molecule has 0 aliphatic carbocycles. The number of phenolic OH excluding ortho intramolecular Hbond substituents is 1. The Morgan fingerprint density at radius 1 is 1.15 bits per heavy atom. The number of aryl methyl sites for hydroxylation is 3. The van der Waals surface area contributed by atoms with Gasteiger partial charge in [0.2, 0.25) is 0 Å². The monoisotopic (exact) mass is 359 g/mol. The van der Waals surface area contributed by atoms with Crippen molar-refractivity contribution in [3.8, 4) is 11.5 Å². The van der Waals surface area contributed by atoms with Crippen molar-refractivity contribution in [2.24, 2.45) is 7.05 Å². The Balaban J connectivity index is 2.38. The van der Waals surface area contributed by atoms with Crippen molar-refractivity contribution in [3.63, 3.8) is 0 Å². The van der Waals surface area contributed by atoms with Crippen molar-refractivity contribution in [1.82, 2.24) is 14.5 Å². The number of aliphatic carboxylic acids is 1. The van der Waals surface area contributed by atoms with E-state index in [2.05, 4.69) is 5.32 Å². The highest BCUT2D eigenvalue weighted by Gasteiger charge is 2.24. The molecule has 0 bridgehead atoms. The van der Waals surface area contributed by atoms with Gasteiger partial charge < -0.3 is 20.6 Å².